The Bertz CT molecular complexity index is 1170. The average molecular weight is 392 g/mol. The minimum atomic E-state index is -0.437. The summed E-state index contributed by atoms with van der Waals surface area (Å²) in [4.78, 5) is 13.4. The molecule has 4 rings (SSSR count). The molecule has 148 valence electrons. The van der Waals surface area contributed by atoms with Gasteiger partial charge in [-0.25, -0.2) is 0 Å². The number of benzene rings is 3. The number of carbonyl (C=O) groups is 1. The number of carbonyl (C=O) groups excluding carboxylic acids is 1. The minimum Gasteiger partial charge on any atom is -0.493 e. The zero-order valence-corrected chi connectivity index (χ0v) is 16.4. The van der Waals surface area contributed by atoms with Crippen LogP contribution in [0.3, 0.4) is 0 Å². The lowest BCUT2D eigenvalue weighted by atomic mass is 9.94. The van der Waals surface area contributed by atoms with Gasteiger partial charge in [-0.1, -0.05) is 18.2 Å². The fourth-order valence-electron chi connectivity index (χ4n) is 3.65. The highest BCUT2D eigenvalue weighted by atomic mass is 16.7. The smallest absolute Gasteiger partial charge is 0.308 e. The molecule has 0 unspecified atom stereocenters. The molecule has 0 aliphatic carbocycles. The summed E-state index contributed by atoms with van der Waals surface area (Å²) in [6.45, 7) is 2.05. The van der Waals surface area contributed by atoms with E-state index in [0.717, 1.165) is 27.1 Å². The van der Waals surface area contributed by atoms with Crippen molar-refractivity contribution < 1.29 is 23.7 Å². The summed E-state index contributed by atoms with van der Waals surface area (Å²) in [6, 6.07) is 9.64. The summed E-state index contributed by atoms with van der Waals surface area (Å²) in [6.07, 6.45) is 2.76. The Balaban J connectivity index is 2.05. The Morgan fingerprint density at radius 3 is 2.76 bits per heavy atom. The van der Waals surface area contributed by atoms with E-state index in [2.05, 4.69) is 6.19 Å². The molecule has 3 aromatic rings. The number of ether oxygens (including phenoxy) is 4. The molecule has 0 spiro atoms. The van der Waals surface area contributed by atoms with Crippen molar-refractivity contribution in [2.75, 3.05) is 27.5 Å². The van der Waals surface area contributed by atoms with E-state index < -0.39 is 5.97 Å². The van der Waals surface area contributed by atoms with Crippen molar-refractivity contribution in [3.05, 3.63) is 35.9 Å². The van der Waals surface area contributed by atoms with Crippen LogP contribution in [0.1, 0.15) is 12.5 Å². The summed E-state index contributed by atoms with van der Waals surface area (Å²) >= 11 is 0. The predicted octanol–water partition coefficient (Wildman–Crippen LogP) is 3.61. The van der Waals surface area contributed by atoms with Crippen molar-refractivity contribution in [2.45, 2.75) is 13.3 Å². The standard InChI is InChI=1S/C22H20N2O5/c1-13(25)29-22-17(26-3)7-5-14-4-6-16-15(8-9-24(2)11-23)10-18-21(28-12-27-18)20(16)19(14)22/h4-7,10H,8-9,12H2,1-3H3. The summed E-state index contributed by atoms with van der Waals surface area (Å²) in [5.74, 6) is 1.63. The predicted molar refractivity (Wildman–Crippen MR) is 107 cm³/mol. The monoisotopic (exact) mass is 392 g/mol. The molecule has 0 saturated heterocycles. The van der Waals surface area contributed by atoms with Crippen LogP contribution in [0.2, 0.25) is 0 Å². The summed E-state index contributed by atoms with van der Waals surface area (Å²) in [5.41, 5.74) is 1.02. The van der Waals surface area contributed by atoms with Crippen LogP contribution < -0.4 is 18.9 Å². The van der Waals surface area contributed by atoms with E-state index in [4.69, 9.17) is 24.2 Å². The number of hydrogen-bond donors (Lipinski definition) is 0. The lowest BCUT2D eigenvalue weighted by Crippen LogP contribution is -2.14. The third-order valence-corrected chi connectivity index (χ3v) is 4.98. The Labute approximate surface area is 167 Å². The van der Waals surface area contributed by atoms with Crippen LogP contribution in [0.15, 0.2) is 30.3 Å². The maximum absolute atomic E-state index is 11.8. The van der Waals surface area contributed by atoms with Gasteiger partial charge in [-0.2, -0.15) is 5.26 Å². The van der Waals surface area contributed by atoms with Crippen molar-refractivity contribution in [3.8, 4) is 29.2 Å². The number of esters is 1. The first-order valence-electron chi connectivity index (χ1n) is 9.17. The molecule has 7 heteroatoms. The molecule has 0 bridgehead atoms. The average Bonchev–Trinajstić information content (AvgIpc) is 3.19. The molecule has 29 heavy (non-hydrogen) atoms. The highest BCUT2D eigenvalue weighted by molar-refractivity contribution is 6.16. The van der Waals surface area contributed by atoms with Crippen LogP contribution in [0, 0.1) is 11.5 Å². The van der Waals surface area contributed by atoms with Crippen LogP contribution in [0.5, 0.6) is 23.0 Å². The largest absolute Gasteiger partial charge is 0.493 e. The van der Waals surface area contributed by atoms with Crippen LogP contribution in [-0.2, 0) is 11.2 Å². The molecule has 0 saturated carbocycles. The van der Waals surface area contributed by atoms with E-state index in [9.17, 15) is 4.79 Å². The van der Waals surface area contributed by atoms with Gasteiger partial charge in [0.25, 0.3) is 0 Å². The third-order valence-electron chi connectivity index (χ3n) is 4.98. The molecule has 3 aromatic carbocycles. The molecule has 1 aliphatic heterocycles. The first kappa shape index (κ1) is 18.7. The number of fused-ring (bicyclic) bond motifs is 5. The van der Waals surface area contributed by atoms with E-state index in [1.54, 1.807) is 18.0 Å². The molecule has 0 radical (unpaired) electrons. The molecule has 0 amide bonds. The van der Waals surface area contributed by atoms with Crippen molar-refractivity contribution in [2.24, 2.45) is 0 Å². The number of methoxy groups -OCH3 is 1. The highest BCUT2D eigenvalue weighted by Crippen LogP contribution is 2.48. The molecule has 7 nitrogen and oxygen atoms in total. The van der Waals surface area contributed by atoms with Gasteiger partial charge in [0, 0.05) is 31.3 Å². The van der Waals surface area contributed by atoms with Crippen LogP contribution in [-0.4, -0.2) is 38.4 Å². The molecule has 1 heterocycles. The summed E-state index contributed by atoms with van der Waals surface area (Å²) in [7, 11) is 3.28. The maximum Gasteiger partial charge on any atom is 0.308 e. The lowest BCUT2D eigenvalue weighted by Gasteiger charge is -2.17. The Kier molecular flexibility index (Phi) is 4.77. The Morgan fingerprint density at radius 2 is 2.03 bits per heavy atom. The number of nitrogens with zero attached hydrogens (tertiary/aromatic N) is 2. The van der Waals surface area contributed by atoms with Gasteiger partial charge >= 0.3 is 5.97 Å². The lowest BCUT2D eigenvalue weighted by molar-refractivity contribution is -0.131. The molecule has 0 atom stereocenters. The zero-order valence-electron chi connectivity index (χ0n) is 16.4. The van der Waals surface area contributed by atoms with Gasteiger partial charge < -0.3 is 23.8 Å². The molecular weight excluding hydrogens is 372 g/mol. The fraction of sp³-hybridized carbons (Fsp3) is 0.273. The maximum atomic E-state index is 11.8. The van der Waals surface area contributed by atoms with Gasteiger partial charge in [0.1, 0.15) is 0 Å². The minimum absolute atomic E-state index is 0.120. The molecule has 0 aromatic heterocycles. The van der Waals surface area contributed by atoms with Crippen molar-refractivity contribution in [1.82, 2.24) is 4.90 Å². The Hall–Kier alpha value is -3.66. The van der Waals surface area contributed by atoms with Crippen molar-refractivity contribution in [3.63, 3.8) is 0 Å². The van der Waals surface area contributed by atoms with Gasteiger partial charge in [-0.05, 0) is 34.9 Å². The fourth-order valence-corrected chi connectivity index (χ4v) is 3.65. The van der Waals surface area contributed by atoms with E-state index in [1.807, 2.05) is 24.3 Å². The quantitative estimate of drug-likeness (QED) is 0.216. The van der Waals surface area contributed by atoms with Gasteiger partial charge in [0.2, 0.25) is 6.79 Å². The normalized spacial score (nSPS) is 12.1. The third kappa shape index (κ3) is 3.23. The number of rotatable bonds is 5. The van der Waals surface area contributed by atoms with Gasteiger partial charge in [-0.3, -0.25) is 4.79 Å². The first-order valence-corrected chi connectivity index (χ1v) is 9.17. The van der Waals surface area contributed by atoms with Gasteiger partial charge in [0.05, 0.1) is 7.11 Å². The number of nitriles is 1. The van der Waals surface area contributed by atoms with E-state index in [-0.39, 0.29) is 6.79 Å². The molecule has 0 N–H and O–H groups in total. The SMILES string of the molecule is COc1ccc2ccc3c(CCN(C)C#N)cc4c(c3c2c1OC(C)=O)OCO4. The van der Waals surface area contributed by atoms with E-state index in [1.165, 1.54) is 14.0 Å². The Morgan fingerprint density at radius 1 is 1.24 bits per heavy atom. The van der Waals surface area contributed by atoms with Crippen molar-refractivity contribution >= 4 is 27.5 Å². The second kappa shape index (κ2) is 7.40. The van der Waals surface area contributed by atoms with Crippen LogP contribution in [0.25, 0.3) is 21.5 Å². The zero-order chi connectivity index (χ0) is 20.5. The van der Waals surface area contributed by atoms with Crippen LogP contribution in [0.4, 0.5) is 0 Å². The highest BCUT2D eigenvalue weighted by Gasteiger charge is 2.24. The van der Waals surface area contributed by atoms with E-state index in [0.29, 0.717) is 36.0 Å². The first-order chi connectivity index (χ1) is 14.0. The van der Waals surface area contributed by atoms with Gasteiger partial charge in [-0.15, -0.1) is 0 Å². The number of likely N-dealkylation sites (N-methyl/N-ethyl adjacent to an activating group) is 1. The topological polar surface area (TPSA) is 81.0 Å². The molecule has 0 fully saturated rings. The molecular formula is C22H20N2O5. The van der Waals surface area contributed by atoms with E-state index >= 15 is 0 Å². The second-order valence-corrected chi connectivity index (χ2v) is 6.82. The van der Waals surface area contributed by atoms with Crippen molar-refractivity contribution in [1.29, 1.82) is 5.26 Å². The molecule has 1 aliphatic rings. The number of hydrogen-bond acceptors (Lipinski definition) is 7. The summed E-state index contributed by atoms with van der Waals surface area (Å²) < 4.78 is 22.5. The van der Waals surface area contributed by atoms with Crippen LogP contribution >= 0.6 is 0 Å². The second-order valence-electron chi connectivity index (χ2n) is 6.82. The summed E-state index contributed by atoms with van der Waals surface area (Å²) in [5, 5.41) is 12.4. The van der Waals surface area contributed by atoms with Gasteiger partial charge in [0.15, 0.2) is 29.2 Å².